The van der Waals surface area contributed by atoms with E-state index >= 15 is 0 Å². The highest BCUT2D eigenvalue weighted by Crippen LogP contribution is 2.14. The zero-order valence-corrected chi connectivity index (χ0v) is 15.8. The van der Waals surface area contributed by atoms with E-state index in [4.69, 9.17) is 0 Å². The Bertz CT molecular complexity index is 699. The standard InChI is InChI=1S/C23H29NO/c1-5-20-11-13-22(14-12-20)23(25)24(16-18(2)3)17-19(4)15-21-9-7-6-8-10-21/h6-15,18H,5,16-17H2,1-4H3. The minimum Gasteiger partial charge on any atom is -0.334 e. The van der Waals surface area contributed by atoms with Crippen molar-refractivity contribution in [1.29, 1.82) is 0 Å². The van der Waals surface area contributed by atoms with Gasteiger partial charge in [-0.05, 0) is 42.5 Å². The Morgan fingerprint density at radius 3 is 2.24 bits per heavy atom. The van der Waals surface area contributed by atoms with Crippen molar-refractivity contribution in [3.8, 4) is 0 Å². The van der Waals surface area contributed by atoms with E-state index in [-0.39, 0.29) is 5.91 Å². The molecule has 2 aromatic carbocycles. The summed E-state index contributed by atoms with van der Waals surface area (Å²) < 4.78 is 0. The van der Waals surface area contributed by atoms with Gasteiger partial charge in [0, 0.05) is 18.7 Å². The van der Waals surface area contributed by atoms with Gasteiger partial charge < -0.3 is 4.90 Å². The highest BCUT2D eigenvalue weighted by atomic mass is 16.2. The lowest BCUT2D eigenvalue weighted by molar-refractivity contribution is 0.0752. The molecule has 0 aromatic heterocycles. The summed E-state index contributed by atoms with van der Waals surface area (Å²) in [6.45, 7) is 9.93. The lowest BCUT2D eigenvalue weighted by Gasteiger charge is -2.25. The summed E-state index contributed by atoms with van der Waals surface area (Å²) >= 11 is 0. The maximum absolute atomic E-state index is 13.0. The van der Waals surface area contributed by atoms with Crippen LogP contribution in [-0.4, -0.2) is 23.9 Å². The molecule has 25 heavy (non-hydrogen) atoms. The zero-order chi connectivity index (χ0) is 18.2. The van der Waals surface area contributed by atoms with E-state index in [1.807, 2.05) is 47.4 Å². The van der Waals surface area contributed by atoms with Crippen LogP contribution in [0.1, 0.15) is 49.2 Å². The number of carbonyl (C=O) groups excluding carboxylic acids is 1. The molecule has 0 spiro atoms. The van der Waals surface area contributed by atoms with Gasteiger partial charge in [0.25, 0.3) is 5.91 Å². The Morgan fingerprint density at radius 1 is 1.04 bits per heavy atom. The van der Waals surface area contributed by atoms with E-state index in [0.717, 1.165) is 18.5 Å². The highest BCUT2D eigenvalue weighted by molar-refractivity contribution is 5.94. The number of carbonyl (C=O) groups is 1. The molecule has 0 atom stereocenters. The fourth-order valence-electron chi connectivity index (χ4n) is 2.91. The average molecular weight is 335 g/mol. The van der Waals surface area contributed by atoms with Gasteiger partial charge in [-0.15, -0.1) is 0 Å². The molecule has 132 valence electrons. The number of hydrogen-bond donors (Lipinski definition) is 0. The molecule has 2 heteroatoms. The molecule has 0 fully saturated rings. The van der Waals surface area contributed by atoms with E-state index in [1.165, 1.54) is 16.7 Å². The van der Waals surface area contributed by atoms with Crippen molar-refractivity contribution in [2.75, 3.05) is 13.1 Å². The molecule has 0 unspecified atom stereocenters. The third-order valence-electron chi connectivity index (χ3n) is 4.13. The van der Waals surface area contributed by atoms with Crippen molar-refractivity contribution in [2.45, 2.75) is 34.1 Å². The van der Waals surface area contributed by atoms with Gasteiger partial charge in [-0.2, -0.15) is 0 Å². The lowest BCUT2D eigenvalue weighted by atomic mass is 10.1. The van der Waals surface area contributed by atoms with Crippen LogP contribution < -0.4 is 0 Å². The third-order valence-corrected chi connectivity index (χ3v) is 4.13. The number of amides is 1. The maximum Gasteiger partial charge on any atom is 0.254 e. The Hall–Kier alpha value is -2.35. The summed E-state index contributed by atoms with van der Waals surface area (Å²) in [5, 5.41) is 0. The number of nitrogens with zero attached hydrogens (tertiary/aromatic N) is 1. The summed E-state index contributed by atoms with van der Waals surface area (Å²) in [5.41, 5.74) is 4.38. The van der Waals surface area contributed by atoms with Gasteiger partial charge in [-0.3, -0.25) is 4.79 Å². The van der Waals surface area contributed by atoms with Crippen LogP contribution in [0.3, 0.4) is 0 Å². The van der Waals surface area contributed by atoms with Crippen molar-refractivity contribution in [1.82, 2.24) is 4.90 Å². The van der Waals surface area contributed by atoms with Gasteiger partial charge in [0.2, 0.25) is 0 Å². The molecule has 0 bridgehead atoms. The Labute approximate surface area is 152 Å². The number of rotatable bonds is 7. The van der Waals surface area contributed by atoms with E-state index in [9.17, 15) is 4.79 Å². The predicted molar refractivity (Wildman–Crippen MR) is 107 cm³/mol. The molecule has 2 nitrogen and oxygen atoms in total. The van der Waals surface area contributed by atoms with Crippen LogP contribution in [0, 0.1) is 5.92 Å². The van der Waals surface area contributed by atoms with Crippen LogP contribution >= 0.6 is 0 Å². The van der Waals surface area contributed by atoms with Crippen molar-refractivity contribution < 1.29 is 4.79 Å². The minimum atomic E-state index is 0.108. The highest BCUT2D eigenvalue weighted by Gasteiger charge is 2.17. The first-order chi connectivity index (χ1) is 12.0. The third kappa shape index (κ3) is 5.90. The molecule has 1 amide bonds. The van der Waals surface area contributed by atoms with E-state index in [0.29, 0.717) is 12.5 Å². The second kappa shape index (κ2) is 9.22. The van der Waals surface area contributed by atoms with E-state index in [1.54, 1.807) is 0 Å². The zero-order valence-electron chi connectivity index (χ0n) is 15.8. The van der Waals surface area contributed by atoms with Crippen LogP contribution in [0.4, 0.5) is 0 Å². The Balaban J connectivity index is 2.16. The second-order valence-electron chi connectivity index (χ2n) is 7.03. The lowest BCUT2D eigenvalue weighted by Crippen LogP contribution is -2.35. The van der Waals surface area contributed by atoms with Crippen molar-refractivity contribution in [2.24, 2.45) is 5.92 Å². The molecule has 0 aliphatic rings. The van der Waals surface area contributed by atoms with Crippen molar-refractivity contribution >= 4 is 12.0 Å². The fraction of sp³-hybridized carbons (Fsp3) is 0.348. The summed E-state index contributed by atoms with van der Waals surface area (Å²) in [6.07, 6.45) is 3.14. The van der Waals surface area contributed by atoms with Crippen molar-refractivity contribution in [3.63, 3.8) is 0 Å². The van der Waals surface area contributed by atoms with Crippen LogP contribution in [-0.2, 0) is 6.42 Å². The molecule has 0 aliphatic carbocycles. The molecule has 0 radical (unpaired) electrons. The summed E-state index contributed by atoms with van der Waals surface area (Å²) in [5.74, 6) is 0.542. The van der Waals surface area contributed by atoms with Crippen LogP contribution in [0.5, 0.6) is 0 Å². The molecule has 0 saturated heterocycles. The molecular weight excluding hydrogens is 306 g/mol. The first kappa shape index (κ1) is 19.0. The summed E-state index contributed by atoms with van der Waals surface area (Å²) in [6, 6.07) is 18.2. The molecule has 2 aromatic rings. The van der Waals surface area contributed by atoms with Crippen LogP contribution in [0.15, 0.2) is 60.2 Å². The SMILES string of the molecule is CCc1ccc(C(=O)N(CC(C)=Cc2ccccc2)CC(C)C)cc1. The number of hydrogen-bond acceptors (Lipinski definition) is 1. The van der Waals surface area contributed by atoms with Gasteiger partial charge in [-0.1, -0.05) is 74.9 Å². The molecule has 0 heterocycles. The molecule has 0 saturated carbocycles. The largest absolute Gasteiger partial charge is 0.334 e. The molecule has 0 N–H and O–H groups in total. The minimum absolute atomic E-state index is 0.108. The normalized spacial score (nSPS) is 11.6. The van der Waals surface area contributed by atoms with Gasteiger partial charge >= 0.3 is 0 Å². The van der Waals surface area contributed by atoms with E-state index < -0.39 is 0 Å². The van der Waals surface area contributed by atoms with Gasteiger partial charge in [0.15, 0.2) is 0 Å². The summed E-state index contributed by atoms with van der Waals surface area (Å²) in [4.78, 5) is 14.9. The predicted octanol–water partition coefficient (Wildman–Crippen LogP) is 5.45. The summed E-state index contributed by atoms with van der Waals surface area (Å²) in [7, 11) is 0. The number of benzene rings is 2. The molecule has 2 rings (SSSR count). The maximum atomic E-state index is 13.0. The second-order valence-corrected chi connectivity index (χ2v) is 7.03. The van der Waals surface area contributed by atoms with Crippen LogP contribution in [0.2, 0.25) is 0 Å². The van der Waals surface area contributed by atoms with Gasteiger partial charge in [0.05, 0.1) is 0 Å². The van der Waals surface area contributed by atoms with Crippen LogP contribution in [0.25, 0.3) is 6.08 Å². The first-order valence-electron chi connectivity index (χ1n) is 9.10. The first-order valence-corrected chi connectivity index (χ1v) is 9.10. The quantitative estimate of drug-likeness (QED) is 0.659. The Morgan fingerprint density at radius 2 is 1.68 bits per heavy atom. The topological polar surface area (TPSA) is 20.3 Å². The Kier molecular flexibility index (Phi) is 7.00. The smallest absolute Gasteiger partial charge is 0.254 e. The fourth-order valence-corrected chi connectivity index (χ4v) is 2.91. The number of aryl methyl sites for hydroxylation is 1. The monoisotopic (exact) mass is 335 g/mol. The van der Waals surface area contributed by atoms with E-state index in [2.05, 4.69) is 45.9 Å². The van der Waals surface area contributed by atoms with Gasteiger partial charge in [0.1, 0.15) is 0 Å². The molecule has 0 aliphatic heterocycles. The van der Waals surface area contributed by atoms with Gasteiger partial charge in [-0.25, -0.2) is 0 Å². The molecular formula is C23H29NO. The van der Waals surface area contributed by atoms with Crippen molar-refractivity contribution in [3.05, 3.63) is 76.9 Å². The average Bonchev–Trinajstić information content (AvgIpc) is 2.61.